The molecule has 0 bridgehead atoms. The fourth-order valence-electron chi connectivity index (χ4n) is 2.38. The summed E-state index contributed by atoms with van der Waals surface area (Å²) in [4.78, 5) is 2.45. The first-order valence-electron chi connectivity index (χ1n) is 6.05. The Morgan fingerprint density at radius 1 is 1.28 bits per heavy atom. The van der Waals surface area contributed by atoms with E-state index >= 15 is 0 Å². The van der Waals surface area contributed by atoms with E-state index < -0.39 is 0 Å². The molecule has 1 aliphatic rings. The molecule has 102 valence electrons. The maximum absolute atomic E-state index is 6.02. The van der Waals surface area contributed by atoms with Crippen LogP contribution in [0.25, 0.3) is 0 Å². The monoisotopic (exact) mass is 308 g/mol. The number of nitrogens with two attached hydrogens (primary N) is 1. The number of hydrogen-bond donors (Lipinski definition) is 1. The van der Waals surface area contributed by atoms with Crippen molar-refractivity contribution in [2.75, 3.05) is 19.6 Å². The Bertz CT molecular complexity index is 384. The van der Waals surface area contributed by atoms with E-state index in [1.807, 2.05) is 18.2 Å². The summed E-state index contributed by atoms with van der Waals surface area (Å²) in [5, 5.41) is 1.26. The van der Waals surface area contributed by atoms with E-state index in [2.05, 4.69) is 4.90 Å². The third-order valence-electron chi connectivity index (χ3n) is 3.33. The minimum Gasteiger partial charge on any atom is -0.330 e. The molecule has 2 N–H and O–H groups in total. The van der Waals surface area contributed by atoms with Gasteiger partial charge in [0.15, 0.2) is 0 Å². The number of likely N-dealkylation sites (tertiary alicyclic amines) is 1. The van der Waals surface area contributed by atoms with Gasteiger partial charge in [0.05, 0.1) is 10.0 Å². The molecule has 0 amide bonds. The Labute approximate surface area is 125 Å². The summed E-state index contributed by atoms with van der Waals surface area (Å²) < 4.78 is 0. The van der Waals surface area contributed by atoms with Crippen LogP contribution in [-0.2, 0) is 6.54 Å². The number of nitrogens with zero attached hydrogens (tertiary/aromatic N) is 1. The van der Waals surface area contributed by atoms with Crippen LogP contribution in [-0.4, -0.2) is 24.5 Å². The van der Waals surface area contributed by atoms with E-state index in [0.717, 1.165) is 26.2 Å². The van der Waals surface area contributed by atoms with Crippen molar-refractivity contribution in [3.05, 3.63) is 33.8 Å². The van der Waals surface area contributed by atoms with Crippen LogP contribution in [0, 0.1) is 5.92 Å². The second-order valence-corrected chi connectivity index (χ2v) is 5.54. The molecule has 2 rings (SSSR count). The molecule has 0 spiro atoms. The zero-order valence-corrected chi connectivity index (χ0v) is 12.6. The van der Waals surface area contributed by atoms with Gasteiger partial charge in [-0.2, -0.15) is 0 Å². The van der Waals surface area contributed by atoms with Crippen LogP contribution >= 0.6 is 35.6 Å². The Kier molecular flexibility index (Phi) is 6.75. The third-order valence-corrected chi connectivity index (χ3v) is 4.07. The van der Waals surface area contributed by atoms with Crippen LogP contribution in [0.1, 0.15) is 18.4 Å². The number of piperidine rings is 1. The molecule has 1 aliphatic heterocycles. The standard InChI is InChI=1S/C13H18Cl2N2.ClH/c14-12-4-3-10(6-13(12)15)8-17-5-1-2-11(7-16)9-17;/h3-4,6,11H,1-2,5,7-9,16H2;1H. The third kappa shape index (κ3) is 4.29. The van der Waals surface area contributed by atoms with E-state index in [9.17, 15) is 0 Å². The maximum Gasteiger partial charge on any atom is 0.0595 e. The highest BCUT2D eigenvalue weighted by atomic mass is 35.5. The molecule has 0 radical (unpaired) electrons. The first kappa shape index (κ1) is 16.1. The summed E-state index contributed by atoms with van der Waals surface area (Å²) in [6.45, 7) is 3.97. The highest BCUT2D eigenvalue weighted by Crippen LogP contribution is 2.24. The second-order valence-electron chi connectivity index (χ2n) is 4.73. The normalized spacial score (nSPS) is 20.5. The van der Waals surface area contributed by atoms with Gasteiger partial charge in [-0.05, 0) is 49.5 Å². The van der Waals surface area contributed by atoms with Crippen LogP contribution < -0.4 is 5.73 Å². The predicted octanol–water partition coefficient (Wildman–Crippen LogP) is 3.59. The lowest BCUT2D eigenvalue weighted by Gasteiger charge is -2.32. The summed E-state index contributed by atoms with van der Waals surface area (Å²) in [5.41, 5.74) is 6.96. The molecule has 18 heavy (non-hydrogen) atoms. The fraction of sp³-hybridized carbons (Fsp3) is 0.538. The van der Waals surface area contributed by atoms with E-state index in [4.69, 9.17) is 28.9 Å². The molecule has 1 aromatic carbocycles. The second kappa shape index (κ2) is 7.56. The minimum absolute atomic E-state index is 0. The number of halogens is 3. The van der Waals surface area contributed by atoms with Gasteiger partial charge >= 0.3 is 0 Å². The number of benzene rings is 1. The summed E-state index contributed by atoms with van der Waals surface area (Å²) in [7, 11) is 0. The van der Waals surface area contributed by atoms with Gasteiger partial charge < -0.3 is 5.73 Å². The lowest BCUT2D eigenvalue weighted by molar-refractivity contribution is 0.171. The molecular formula is C13H19Cl3N2. The quantitative estimate of drug-likeness (QED) is 0.924. The average Bonchev–Trinajstić information content (AvgIpc) is 2.34. The molecule has 5 heteroatoms. The summed E-state index contributed by atoms with van der Waals surface area (Å²) in [6, 6.07) is 5.86. The molecule has 2 nitrogen and oxygen atoms in total. The highest BCUT2D eigenvalue weighted by molar-refractivity contribution is 6.42. The predicted molar refractivity (Wildman–Crippen MR) is 80.8 cm³/mol. The lowest BCUT2D eigenvalue weighted by Crippen LogP contribution is -2.37. The van der Waals surface area contributed by atoms with E-state index in [-0.39, 0.29) is 12.4 Å². The molecule has 0 aliphatic carbocycles. The van der Waals surface area contributed by atoms with Crippen LogP contribution in [0.3, 0.4) is 0 Å². The summed E-state index contributed by atoms with van der Waals surface area (Å²) >= 11 is 11.9. The van der Waals surface area contributed by atoms with Gasteiger partial charge in [-0.3, -0.25) is 4.90 Å². The van der Waals surface area contributed by atoms with Gasteiger partial charge in [0.1, 0.15) is 0 Å². The van der Waals surface area contributed by atoms with Gasteiger partial charge in [-0.1, -0.05) is 29.3 Å². The van der Waals surface area contributed by atoms with E-state index in [0.29, 0.717) is 16.0 Å². The van der Waals surface area contributed by atoms with Crippen LogP contribution in [0.5, 0.6) is 0 Å². The molecule has 0 aromatic heterocycles. The fourth-order valence-corrected chi connectivity index (χ4v) is 2.70. The largest absolute Gasteiger partial charge is 0.330 e. The van der Waals surface area contributed by atoms with Crippen molar-refractivity contribution in [1.29, 1.82) is 0 Å². The molecule has 1 aromatic rings. The van der Waals surface area contributed by atoms with Crippen LogP contribution in [0.4, 0.5) is 0 Å². The molecule has 1 saturated heterocycles. The van der Waals surface area contributed by atoms with Crippen molar-refractivity contribution in [2.24, 2.45) is 11.7 Å². The molecule has 1 atom stereocenters. The SMILES string of the molecule is Cl.NCC1CCCN(Cc2ccc(Cl)c(Cl)c2)C1. The Balaban J connectivity index is 0.00000162. The van der Waals surface area contributed by atoms with Gasteiger partial charge in [0.25, 0.3) is 0 Å². The zero-order valence-electron chi connectivity index (χ0n) is 10.2. The average molecular weight is 310 g/mol. The van der Waals surface area contributed by atoms with Crippen molar-refractivity contribution in [1.82, 2.24) is 4.90 Å². The Hall–Kier alpha value is 0.01000. The Morgan fingerprint density at radius 2 is 2.06 bits per heavy atom. The van der Waals surface area contributed by atoms with Gasteiger partial charge in [-0.25, -0.2) is 0 Å². The van der Waals surface area contributed by atoms with Crippen molar-refractivity contribution in [2.45, 2.75) is 19.4 Å². The van der Waals surface area contributed by atoms with Crippen molar-refractivity contribution < 1.29 is 0 Å². The minimum atomic E-state index is 0. The topological polar surface area (TPSA) is 29.3 Å². The summed E-state index contributed by atoms with van der Waals surface area (Å²) in [6.07, 6.45) is 2.50. The number of hydrogen-bond acceptors (Lipinski definition) is 2. The zero-order chi connectivity index (χ0) is 12.3. The molecule has 1 fully saturated rings. The van der Waals surface area contributed by atoms with Crippen molar-refractivity contribution in [3.63, 3.8) is 0 Å². The van der Waals surface area contributed by atoms with Crippen LogP contribution in [0.15, 0.2) is 18.2 Å². The first-order valence-corrected chi connectivity index (χ1v) is 6.81. The molecule has 1 heterocycles. The number of rotatable bonds is 3. The molecule has 0 saturated carbocycles. The van der Waals surface area contributed by atoms with Crippen molar-refractivity contribution >= 4 is 35.6 Å². The maximum atomic E-state index is 6.02. The van der Waals surface area contributed by atoms with Gasteiger partial charge in [0, 0.05) is 13.1 Å². The van der Waals surface area contributed by atoms with Gasteiger partial charge in [-0.15, -0.1) is 12.4 Å². The van der Waals surface area contributed by atoms with Crippen LogP contribution in [0.2, 0.25) is 10.0 Å². The van der Waals surface area contributed by atoms with E-state index in [1.165, 1.54) is 18.4 Å². The Morgan fingerprint density at radius 3 is 2.72 bits per heavy atom. The molecular weight excluding hydrogens is 291 g/mol. The van der Waals surface area contributed by atoms with Crippen molar-refractivity contribution in [3.8, 4) is 0 Å². The summed E-state index contributed by atoms with van der Waals surface area (Å²) in [5.74, 6) is 0.645. The smallest absolute Gasteiger partial charge is 0.0595 e. The van der Waals surface area contributed by atoms with E-state index in [1.54, 1.807) is 0 Å². The lowest BCUT2D eigenvalue weighted by atomic mass is 9.98. The first-order chi connectivity index (χ1) is 8.19. The molecule has 1 unspecified atom stereocenters. The van der Waals surface area contributed by atoms with Gasteiger partial charge in [0.2, 0.25) is 0 Å². The highest BCUT2D eigenvalue weighted by Gasteiger charge is 2.18.